The molecule has 1 aliphatic carbocycles. The number of halogens is 3. The van der Waals surface area contributed by atoms with Gasteiger partial charge in [0.15, 0.2) is 0 Å². The second kappa shape index (κ2) is 9.50. The van der Waals surface area contributed by atoms with Crippen molar-refractivity contribution >= 4 is 22.9 Å². The zero-order valence-electron chi connectivity index (χ0n) is 20.7. The molecule has 3 heterocycles. The lowest BCUT2D eigenvalue weighted by atomic mass is 9.71. The summed E-state index contributed by atoms with van der Waals surface area (Å²) in [6.07, 6.45) is 0.866. The summed E-state index contributed by atoms with van der Waals surface area (Å²) in [5.74, 6) is -0.569. The average molecular weight is 514 g/mol. The molecule has 0 atom stereocenters. The number of fused-ring (bicyclic) bond motifs is 3. The van der Waals surface area contributed by atoms with E-state index in [1.165, 1.54) is 12.1 Å². The zero-order chi connectivity index (χ0) is 26.4. The largest absolute Gasteiger partial charge is 0.481 e. The van der Waals surface area contributed by atoms with Crippen LogP contribution in [0.25, 0.3) is 11.0 Å². The van der Waals surface area contributed by atoms with Crippen LogP contribution in [-0.2, 0) is 35.3 Å². The fourth-order valence-electron chi connectivity index (χ4n) is 5.78. The van der Waals surface area contributed by atoms with Gasteiger partial charge in [0.2, 0.25) is 5.91 Å². The molecule has 1 fully saturated rings. The Hall–Kier alpha value is -3.36. The van der Waals surface area contributed by atoms with Gasteiger partial charge in [0, 0.05) is 36.8 Å². The molecule has 0 bridgehead atoms. The van der Waals surface area contributed by atoms with Crippen LogP contribution in [0.15, 0.2) is 42.6 Å². The molecule has 0 spiro atoms. The number of hydrogen-bond acceptors (Lipinski definition) is 3. The van der Waals surface area contributed by atoms with Gasteiger partial charge in [-0.25, -0.2) is 4.98 Å². The molecule has 5 rings (SSSR count). The minimum atomic E-state index is -4.42. The third kappa shape index (κ3) is 4.95. The van der Waals surface area contributed by atoms with E-state index in [0.717, 1.165) is 22.7 Å². The minimum absolute atomic E-state index is 0.0402. The highest BCUT2D eigenvalue weighted by molar-refractivity contribution is 5.84. The highest BCUT2D eigenvalue weighted by atomic mass is 19.4. The lowest BCUT2D eigenvalue weighted by Gasteiger charge is -2.35. The maximum Gasteiger partial charge on any atom is 0.416 e. The third-order valence-electron chi connectivity index (χ3n) is 8.15. The van der Waals surface area contributed by atoms with Crippen molar-refractivity contribution < 1.29 is 27.9 Å². The summed E-state index contributed by atoms with van der Waals surface area (Å²) in [6, 6.07) is 9.15. The van der Waals surface area contributed by atoms with Gasteiger partial charge in [-0.1, -0.05) is 12.1 Å². The normalized spacial score (nSPS) is 22.2. The monoisotopic (exact) mass is 513 g/mol. The molecule has 0 radical (unpaired) electrons. The van der Waals surface area contributed by atoms with E-state index in [1.807, 2.05) is 21.6 Å². The van der Waals surface area contributed by atoms with Crippen LogP contribution in [0.5, 0.6) is 0 Å². The summed E-state index contributed by atoms with van der Waals surface area (Å²) >= 11 is 0. The number of nitrogens with zero attached hydrogens (tertiary/aromatic N) is 3. The van der Waals surface area contributed by atoms with E-state index in [9.17, 15) is 27.9 Å². The van der Waals surface area contributed by atoms with Gasteiger partial charge in [-0.15, -0.1) is 0 Å². The van der Waals surface area contributed by atoms with E-state index in [1.54, 1.807) is 19.2 Å². The molecule has 3 aromatic rings. The van der Waals surface area contributed by atoms with Gasteiger partial charge >= 0.3 is 12.1 Å². The molecule has 1 aromatic carbocycles. The Labute approximate surface area is 213 Å². The Morgan fingerprint density at radius 2 is 1.92 bits per heavy atom. The fourth-order valence-corrected chi connectivity index (χ4v) is 5.78. The van der Waals surface area contributed by atoms with Crippen molar-refractivity contribution in [1.29, 1.82) is 0 Å². The Morgan fingerprint density at radius 3 is 2.62 bits per heavy atom. The molecule has 0 unspecified atom stereocenters. The Balaban J connectivity index is 1.37. The van der Waals surface area contributed by atoms with Crippen LogP contribution in [0.2, 0.25) is 0 Å². The molecule has 37 heavy (non-hydrogen) atoms. The number of hydrogen-bond donors (Lipinski definition) is 1. The average Bonchev–Trinajstić information content (AvgIpc) is 3.18. The summed E-state index contributed by atoms with van der Waals surface area (Å²) in [5, 5.41) is 10.4. The van der Waals surface area contributed by atoms with Gasteiger partial charge in [0.25, 0.3) is 0 Å². The maximum absolute atomic E-state index is 13.3. The number of pyridine rings is 1. The van der Waals surface area contributed by atoms with E-state index in [0.29, 0.717) is 62.8 Å². The number of aliphatic carboxylic acids is 1. The Kier molecular flexibility index (Phi) is 6.50. The Morgan fingerprint density at radius 1 is 1.16 bits per heavy atom. The van der Waals surface area contributed by atoms with Crippen molar-refractivity contribution in [3.05, 3.63) is 65.0 Å². The number of benzene rings is 1. The van der Waals surface area contributed by atoms with Gasteiger partial charge < -0.3 is 14.6 Å². The highest BCUT2D eigenvalue weighted by Crippen LogP contribution is 2.40. The number of amides is 1. The van der Waals surface area contributed by atoms with Crippen LogP contribution >= 0.6 is 0 Å². The maximum atomic E-state index is 13.3. The SMILES string of the molecule is C[C@]1(C(=O)O)CC[C@@H](CC(=O)N2CCc3c(n(Cc4cccc(C(F)(F)F)c4)c4ncccc34)C2)CC1. The van der Waals surface area contributed by atoms with Crippen molar-refractivity contribution in [2.75, 3.05) is 6.54 Å². The molecule has 1 aliphatic heterocycles. The zero-order valence-corrected chi connectivity index (χ0v) is 20.7. The van der Waals surface area contributed by atoms with Crippen molar-refractivity contribution in [1.82, 2.24) is 14.5 Å². The topological polar surface area (TPSA) is 75.4 Å². The van der Waals surface area contributed by atoms with Crippen LogP contribution < -0.4 is 0 Å². The lowest BCUT2D eigenvalue weighted by molar-refractivity contribution is -0.150. The lowest BCUT2D eigenvalue weighted by Crippen LogP contribution is -2.39. The summed E-state index contributed by atoms with van der Waals surface area (Å²) in [7, 11) is 0. The van der Waals surface area contributed by atoms with Crippen LogP contribution in [0.4, 0.5) is 13.2 Å². The van der Waals surface area contributed by atoms with Gasteiger partial charge in [0.1, 0.15) is 5.65 Å². The van der Waals surface area contributed by atoms with Crippen molar-refractivity contribution in [3.63, 3.8) is 0 Å². The number of alkyl halides is 3. The van der Waals surface area contributed by atoms with Crippen LogP contribution in [0.1, 0.15) is 61.4 Å². The Bertz CT molecular complexity index is 1340. The van der Waals surface area contributed by atoms with E-state index in [-0.39, 0.29) is 18.4 Å². The van der Waals surface area contributed by atoms with Gasteiger partial charge in [-0.05, 0) is 80.3 Å². The molecule has 1 N–H and O–H groups in total. The summed E-state index contributed by atoms with van der Waals surface area (Å²) < 4.78 is 41.8. The molecule has 0 saturated heterocycles. The first-order valence-corrected chi connectivity index (χ1v) is 12.7. The smallest absolute Gasteiger partial charge is 0.416 e. The van der Waals surface area contributed by atoms with E-state index in [2.05, 4.69) is 4.98 Å². The predicted octanol–water partition coefficient (Wildman–Crippen LogP) is 5.66. The second-order valence-corrected chi connectivity index (χ2v) is 10.7. The molecule has 9 heteroatoms. The number of carboxylic acid groups (broad SMARTS) is 1. The van der Waals surface area contributed by atoms with Crippen molar-refractivity contribution in [3.8, 4) is 0 Å². The quantitative estimate of drug-likeness (QED) is 0.478. The van der Waals surface area contributed by atoms with Crippen LogP contribution in [-0.4, -0.2) is 38.0 Å². The molecule has 2 aromatic heterocycles. The summed E-state index contributed by atoms with van der Waals surface area (Å²) in [4.78, 5) is 31.2. The predicted molar refractivity (Wildman–Crippen MR) is 132 cm³/mol. The third-order valence-corrected chi connectivity index (χ3v) is 8.15. The standard InChI is InChI=1S/C28H30F3N3O3/c1-27(26(36)37)10-7-18(8-11-27)15-24(35)33-13-9-21-22-6-3-12-32-25(22)34(23(21)17-33)16-19-4-2-5-20(14-19)28(29,30)31/h2-6,12,14,18H,7-11,13,15-17H2,1H3,(H,36,37)/t18-,27+. The molecular formula is C28H30F3N3O3. The molecule has 196 valence electrons. The highest BCUT2D eigenvalue weighted by Gasteiger charge is 2.38. The molecule has 1 amide bonds. The van der Waals surface area contributed by atoms with E-state index in [4.69, 9.17) is 0 Å². The molecule has 6 nitrogen and oxygen atoms in total. The van der Waals surface area contributed by atoms with Crippen molar-refractivity contribution in [2.24, 2.45) is 11.3 Å². The first-order chi connectivity index (χ1) is 17.5. The number of carboxylic acids is 1. The second-order valence-electron chi connectivity index (χ2n) is 10.7. The number of carbonyl (C=O) groups excluding carboxylic acids is 1. The first kappa shape index (κ1) is 25.3. The number of aromatic nitrogens is 2. The molecule has 1 saturated carbocycles. The van der Waals surface area contributed by atoms with Crippen molar-refractivity contribution in [2.45, 2.75) is 64.7 Å². The van der Waals surface area contributed by atoms with E-state index >= 15 is 0 Å². The van der Waals surface area contributed by atoms with Crippen LogP contribution in [0, 0.1) is 11.3 Å². The van der Waals surface area contributed by atoms with Gasteiger partial charge in [0.05, 0.1) is 17.5 Å². The fraction of sp³-hybridized carbons (Fsp3) is 0.464. The number of carbonyl (C=O) groups is 2. The van der Waals surface area contributed by atoms with Crippen LogP contribution in [0.3, 0.4) is 0 Å². The number of rotatable bonds is 5. The molecule has 2 aliphatic rings. The molecular weight excluding hydrogens is 483 g/mol. The summed E-state index contributed by atoms with van der Waals surface area (Å²) in [6.45, 7) is 2.95. The van der Waals surface area contributed by atoms with Gasteiger partial charge in [-0.2, -0.15) is 13.2 Å². The summed E-state index contributed by atoms with van der Waals surface area (Å²) in [5.41, 5.74) is 1.83. The first-order valence-electron chi connectivity index (χ1n) is 12.7. The van der Waals surface area contributed by atoms with Gasteiger partial charge in [-0.3, -0.25) is 9.59 Å². The minimum Gasteiger partial charge on any atom is -0.481 e. The van der Waals surface area contributed by atoms with E-state index < -0.39 is 23.1 Å².